The van der Waals surface area contributed by atoms with Gasteiger partial charge in [0.25, 0.3) is 11.8 Å². The first kappa shape index (κ1) is 17.3. The molecule has 128 valence electrons. The molecular weight excluding hydrogens is 363 g/mol. The van der Waals surface area contributed by atoms with Crippen LogP contribution in [0.2, 0.25) is 5.02 Å². The van der Waals surface area contributed by atoms with Gasteiger partial charge in [0.2, 0.25) is 0 Å². The average Bonchev–Trinajstić information content (AvgIpc) is 2.82. The third-order valence-electron chi connectivity index (χ3n) is 3.78. The molecule has 0 fully saturated rings. The number of aryl methyl sites for hydroxylation is 1. The van der Waals surface area contributed by atoms with E-state index in [9.17, 15) is 9.59 Å². The molecule has 3 rings (SSSR count). The van der Waals surface area contributed by atoms with Crippen molar-refractivity contribution in [1.82, 2.24) is 0 Å². The highest BCUT2D eigenvalue weighted by molar-refractivity contribution is 6.53. The first-order valence-corrected chi connectivity index (χ1v) is 8.14. The summed E-state index contributed by atoms with van der Waals surface area (Å²) in [4.78, 5) is 26.2. The van der Waals surface area contributed by atoms with Crippen LogP contribution in [0, 0.1) is 6.92 Å². The number of amides is 2. The fourth-order valence-corrected chi connectivity index (χ4v) is 2.85. The normalized spacial score (nSPS) is 14.3. The van der Waals surface area contributed by atoms with E-state index in [1.807, 2.05) is 6.92 Å². The summed E-state index contributed by atoms with van der Waals surface area (Å²) in [5.74, 6) is -0.674. The number of halogens is 2. The molecule has 2 aromatic rings. The molecular formula is C18H14Cl2N2O3. The molecule has 2 aromatic carbocycles. The second kappa shape index (κ2) is 6.78. The van der Waals surface area contributed by atoms with Crippen molar-refractivity contribution in [2.24, 2.45) is 0 Å². The van der Waals surface area contributed by atoms with Gasteiger partial charge < -0.3 is 10.1 Å². The van der Waals surface area contributed by atoms with Crippen molar-refractivity contribution in [2.75, 3.05) is 17.3 Å². The Balaban J connectivity index is 1.97. The monoisotopic (exact) mass is 376 g/mol. The SMILES string of the molecule is COc1cc(Cl)c(C)cc1NC1=C(Cl)C(=O)N(c2ccccc2)C1=O. The maximum absolute atomic E-state index is 12.7. The van der Waals surface area contributed by atoms with Gasteiger partial charge in [0.05, 0.1) is 18.5 Å². The lowest BCUT2D eigenvalue weighted by Crippen LogP contribution is -2.32. The van der Waals surface area contributed by atoms with Crippen LogP contribution in [-0.4, -0.2) is 18.9 Å². The summed E-state index contributed by atoms with van der Waals surface area (Å²) >= 11 is 12.2. The Morgan fingerprint density at radius 1 is 1.04 bits per heavy atom. The molecule has 0 radical (unpaired) electrons. The first-order chi connectivity index (χ1) is 11.9. The third-order valence-corrected chi connectivity index (χ3v) is 4.54. The number of nitrogens with one attached hydrogen (secondary N) is 1. The highest BCUT2D eigenvalue weighted by Gasteiger charge is 2.39. The summed E-state index contributed by atoms with van der Waals surface area (Å²) in [7, 11) is 1.49. The molecule has 0 aliphatic carbocycles. The Morgan fingerprint density at radius 3 is 2.36 bits per heavy atom. The van der Waals surface area contributed by atoms with Gasteiger partial charge >= 0.3 is 0 Å². The zero-order chi connectivity index (χ0) is 18.1. The van der Waals surface area contributed by atoms with E-state index in [-0.39, 0.29) is 10.7 Å². The summed E-state index contributed by atoms with van der Waals surface area (Å²) in [5, 5.41) is 3.26. The van der Waals surface area contributed by atoms with Crippen molar-refractivity contribution < 1.29 is 14.3 Å². The van der Waals surface area contributed by atoms with Crippen LogP contribution >= 0.6 is 23.2 Å². The van der Waals surface area contributed by atoms with Gasteiger partial charge in [-0.15, -0.1) is 0 Å². The van der Waals surface area contributed by atoms with E-state index in [1.165, 1.54) is 7.11 Å². The molecule has 2 amide bonds. The number of para-hydroxylation sites is 1. The lowest BCUT2D eigenvalue weighted by Gasteiger charge is -2.16. The zero-order valence-corrected chi connectivity index (χ0v) is 15.0. The molecule has 0 atom stereocenters. The summed E-state index contributed by atoms with van der Waals surface area (Å²) in [5.41, 5.74) is 1.73. The smallest absolute Gasteiger partial charge is 0.283 e. The Hall–Kier alpha value is -2.50. The molecule has 0 spiro atoms. The van der Waals surface area contributed by atoms with Gasteiger partial charge in [0, 0.05) is 11.1 Å². The predicted octanol–water partition coefficient (Wildman–Crippen LogP) is 4.09. The van der Waals surface area contributed by atoms with Crippen molar-refractivity contribution in [3.05, 3.63) is 63.8 Å². The predicted molar refractivity (Wildman–Crippen MR) is 98.2 cm³/mol. The fourth-order valence-electron chi connectivity index (χ4n) is 2.49. The lowest BCUT2D eigenvalue weighted by molar-refractivity contribution is -0.120. The van der Waals surface area contributed by atoms with E-state index in [0.717, 1.165) is 10.5 Å². The van der Waals surface area contributed by atoms with Crippen LogP contribution in [0.4, 0.5) is 11.4 Å². The molecule has 0 unspecified atom stereocenters. The number of anilines is 2. The van der Waals surface area contributed by atoms with Crippen molar-refractivity contribution in [3.8, 4) is 5.75 Å². The Morgan fingerprint density at radius 2 is 1.72 bits per heavy atom. The van der Waals surface area contributed by atoms with Crippen molar-refractivity contribution in [3.63, 3.8) is 0 Å². The van der Waals surface area contributed by atoms with Gasteiger partial charge in [-0.3, -0.25) is 9.59 Å². The number of hydrogen-bond donors (Lipinski definition) is 1. The summed E-state index contributed by atoms with van der Waals surface area (Å²) < 4.78 is 5.28. The number of imide groups is 1. The number of ether oxygens (including phenoxy) is 1. The van der Waals surface area contributed by atoms with Crippen LogP contribution in [-0.2, 0) is 9.59 Å². The van der Waals surface area contributed by atoms with Gasteiger partial charge in [-0.25, -0.2) is 4.90 Å². The van der Waals surface area contributed by atoms with E-state index >= 15 is 0 Å². The van der Waals surface area contributed by atoms with E-state index in [2.05, 4.69) is 5.32 Å². The number of carbonyl (C=O) groups is 2. The minimum atomic E-state index is -0.579. The second-order valence-corrected chi connectivity index (χ2v) is 6.18. The van der Waals surface area contributed by atoms with Gasteiger partial charge in [-0.2, -0.15) is 0 Å². The van der Waals surface area contributed by atoms with E-state index in [1.54, 1.807) is 42.5 Å². The van der Waals surface area contributed by atoms with Crippen LogP contribution in [0.25, 0.3) is 0 Å². The van der Waals surface area contributed by atoms with E-state index < -0.39 is 11.8 Å². The van der Waals surface area contributed by atoms with Crippen LogP contribution in [0.15, 0.2) is 53.2 Å². The van der Waals surface area contributed by atoms with Gasteiger partial charge in [0.15, 0.2) is 0 Å². The Bertz CT molecular complexity index is 895. The number of hydrogen-bond acceptors (Lipinski definition) is 4. The maximum Gasteiger partial charge on any atom is 0.283 e. The highest BCUT2D eigenvalue weighted by Crippen LogP contribution is 2.35. The largest absolute Gasteiger partial charge is 0.495 e. The Kier molecular flexibility index (Phi) is 4.70. The molecule has 1 heterocycles. The standard InChI is InChI=1S/C18H14Cl2N2O3/c1-10-8-13(14(25-2)9-12(10)19)21-16-15(20)17(23)22(18(16)24)11-6-4-3-5-7-11/h3-9,21H,1-2H3. The molecule has 0 bridgehead atoms. The molecule has 5 nitrogen and oxygen atoms in total. The molecule has 7 heteroatoms. The second-order valence-electron chi connectivity index (χ2n) is 5.40. The van der Waals surface area contributed by atoms with Gasteiger partial charge in [-0.05, 0) is 30.7 Å². The van der Waals surface area contributed by atoms with Crippen LogP contribution in [0.5, 0.6) is 5.75 Å². The number of benzene rings is 2. The van der Waals surface area contributed by atoms with Gasteiger partial charge in [-0.1, -0.05) is 41.4 Å². The quantitative estimate of drug-likeness (QED) is 0.816. The molecule has 0 aromatic heterocycles. The molecule has 25 heavy (non-hydrogen) atoms. The average molecular weight is 377 g/mol. The summed E-state index contributed by atoms with van der Waals surface area (Å²) in [6, 6.07) is 11.9. The van der Waals surface area contributed by atoms with Crippen LogP contribution in [0.3, 0.4) is 0 Å². The van der Waals surface area contributed by atoms with Crippen molar-refractivity contribution >= 4 is 46.4 Å². The lowest BCUT2D eigenvalue weighted by atomic mass is 10.2. The van der Waals surface area contributed by atoms with Crippen molar-refractivity contribution in [2.45, 2.75) is 6.92 Å². The number of carbonyl (C=O) groups excluding carboxylic acids is 2. The number of nitrogens with zero attached hydrogens (tertiary/aromatic N) is 1. The first-order valence-electron chi connectivity index (χ1n) is 7.38. The minimum Gasteiger partial charge on any atom is -0.495 e. The zero-order valence-electron chi connectivity index (χ0n) is 13.5. The van der Waals surface area contributed by atoms with Crippen LogP contribution < -0.4 is 15.0 Å². The summed E-state index contributed by atoms with van der Waals surface area (Å²) in [6.07, 6.45) is 0. The number of methoxy groups -OCH3 is 1. The molecule has 1 aliphatic heterocycles. The minimum absolute atomic E-state index is 0.00413. The fraction of sp³-hybridized carbons (Fsp3) is 0.111. The third kappa shape index (κ3) is 3.08. The van der Waals surface area contributed by atoms with Crippen LogP contribution in [0.1, 0.15) is 5.56 Å². The van der Waals surface area contributed by atoms with Gasteiger partial charge in [0.1, 0.15) is 16.5 Å². The highest BCUT2D eigenvalue weighted by atomic mass is 35.5. The van der Waals surface area contributed by atoms with E-state index in [4.69, 9.17) is 27.9 Å². The molecule has 0 saturated carbocycles. The van der Waals surface area contributed by atoms with E-state index in [0.29, 0.717) is 22.1 Å². The molecule has 1 N–H and O–H groups in total. The Labute approximate surface area is 154 Å². The molecule has 1 aliphatic rings. The molecule has 0 saturated heterocycles. The topological polar surface area (TPSA) is 58.6 Å². The number of rotatable bonds is 4. The summed E-state index contributed by atoms with van der Waals surface area (Å²) in [6.45, 7) is 1.82. The van der Waals surface area contributed by atoms with Crippen molar-refractivity contribution in [1.29, 1.82) is 0 Å². The maximum atomic E-state index is 12.7.